The van der Waals surface area contributed by atoms with Gasteiger partial charge in [0.1, 0.15) is 5.01 Å². The van der Waals surface area contributed by atoms with Gasteiger partial charge in [0.2, 0.25) is 5.91 Å². The number of amides is 1. The maximum Gasteiger partial charge on any atom is 0.303 e. The van der Waals surface area contributed by atoms with E-state index in [1.165, 1.54) is 15.6 Å². The Kier molecular flexibility index (Phi) is 5.73. The average molecular weight is 400 g/mol. The Morgan fingerprint density at radius 1 is 1.24 bits per heavy atom. The van der Waals surface area contributed by atoms with Crippen LogP contribution in [0.1, 0.15) is 25.0 Å². The van der Waals surface area contributed by atoms with Crippen molar-refractivity contribution in [2.45, 2.75) is 25.7 Å². The molecule has 9 heteroatoms. The van der Waals surface area contributed by atoms with Crippen LogP contribution in [-0.4, -0.2) is 36.7 Å². The van der Waals surface area contributed by atoms with E-state index in [4.69, 9.17) is 11.6 Å². The zero-order valence-corrected chi connectivity index (χ0v) is 15.8. The van der Waals surface area contributed by atoms with Crippen LogP contribution < -0.4 is 4.72 Å². The molecule has 1 fully saturated rings. The summed E-state index contributed by atoms with van der Waals surface area (Å²) in [7, 11) is -3.77. The summed E-state index contributed by atoms with van der Waals surface area (Å²) in [6.45, 7) is 0.909. The van der Waals surface area contributed by atoms with Crippen molar-refractivity contribution in [2.75, 3.05) is 13.1 Å². The summed E-state index contributed by atoms with van der Waals surface area (Å²) in [6.07, 6.45) is 2.57. The van der Waals surface area contributed by atoms with Crippen LogP contribution in [0.4, 0.5) is 0 Å². The Bertz CT molecular complexity index is 861. The standard InChI is InChI=1S/C16H18ClN3O3S2/c17-14-7-3-2-6-13(14)16-18-12(11-24-16)10-15(21)19-25(22,23)20-8-4-1-5-9-20/h2-3,6-7,11H,1,4-5,8-10H2,(H,19,21). The number of hydrogen-bond acceptors (Lipinski definition) is 5. The monoisotopic (exact) mass is 399 g/mol. The van der Waals surface area contributed by atoms with E-state index in [1.807, 2.05) is 18.2 Å². The van der Waals surface area contributed by atoms with E-state index in [0.717, 1.165) is 24.8 Å². The number of nitrogens with one attached hydrogen (secondary N) is 1. The van der Waals surface area contributed by atoms with Crippen LogP contribution in [0.15, 0.2) is 29.6 Å². The summed E-state index contributed by atoms with van der Waals surface area (Å²) in [4.78, 5) is 16.5. The normalized spacial score (nSPS) is 15.9. The lowest BCUT2D eigenvalue weighted by Crippen LogP contribution is -2.46. The second-order valence-corrected chi connectivity index (χ2v) is 8.73. The minimum absolute atomic E-state index is 0.0893. The maximum absolute atomic E-state index is 12.2. The number of aromatic nitrogens is 1. The molecule has 1 N–H and O–H groups in total. The predicted octanol–water partition coefficient (Wildman–Crippen LogP) is 2.85. The molecule has 134 valence electrons. The number of carbonyl (C=O) groups is 1. The number of hydrogen-bond donors (Lipinski definition) is 1. The van der Waals surface area contributed by atoms with Crippen LogP contribution in [0.3, 0.4) is 0 Å². The summed E-state index contributed by atoms with van der Waals surface area (Å²) in [5.74, 6) is -0.582. The van der Waals surface area contributed by atoms with Crippen molar-refractivity contribution in [1.82, 2.24) is 14.0 Å². The Balaban J connectivity index is 1.65. The molecule has 2 aromatic rings. The van der Waals surface area contributed by atoms with Gasteiger partial charge < -0.3 is 0 Å². The molecule has 1 aromatic carbocycles. The van der Waals surface area contributed by atoms with Gasteiger partial charge in [0.25, 0.3) is 0 Å². The summed E-state index contributed by atoms with van der Waals surface area (Å²) >= 11 is 7.52. The lowest BCUT2D eigenvalue weighted by Gasteiger charge is -2.25. The summed E-state index contributed by atoms with van der Waals surface area (Å²) in [5, 5.41) is 3.03. The second kappa shape index (κ2) is 7.82. The molecule has 6 nitrogen and oxygen atoms in total. The van der Waals surface area contributed by atoms with Crippen LogP contribution in [-0.2, 0) is 21.4 Å². The van der Waals surface area contributed by atoms with Gasteiger partial charge in [-0.25, -0.2) is 9.71 Å². The molecule has 1 aliphatic rings. The third-order valence-electron chi connectivity index (χ3n) is 3.90. The summed E-state index contributed by atoms with van der Waals surface area (Å²) < 4.78 is 27.9. The number of benzene rings is 1. The van der Waals surface area contributed by atoms with E-state index >= 15 is 0 Å². The SMILES string of the molecule is O=C(Cc1csc(-c2ccccc2Cl)n1)NS(=O)(=O)N1CCCCC1. The first-order valence-corrected chi connectivity index (χ1v) is 10.7. The molecule has 0 saturated carbocycles. The van der Waals surface area contributed by atoms with Gasteiger partial charge in [0.15, 0.2) is 0 Å². The van der Waals surface area contributed by atoms with Crippen molar-refractivity contribution >= 4 is 39.1 Å². The molecule has 0 unspecified atom stereocenters. The third-order valence-corrected chi connectivity index (χ3v) is 6.68. The zero-order chi connectivity index (χ0) is 17.9. The van der Waals surface area contributed by atoms with Crippen LogP contribution in [0, 0.1) is 0 Å². The van der Waals surface area contributed by atoms with Crippen LogP contribution >= 0.6 is 22.9 Å². The summed E-state index contributed by atoms with van der Waals surface area (Å²) in [5.41, 5.74) is 1.31. The van der Waals surface area contributed by atoms with Crippen molar-refractivity contribution in [3.05, 3.63) is 40.4 Å². The van der Waals surface area contributed by atoms with Gasteiger partial charge in [0, 0.05) is 24.0 Å². The van der Waals surface area contributed by atoms with Gasteiger partial charge in [-0.05, 0) is 18.9 Å². The first kappa shape index (κ1) is 18.3. The number of thiazole rings is 1. The molecule has 1 aromatic heterocycles. The smallest absolute Gasteiger partial charge is 0.274 e. The van der Waals surface area contributed by atoms with Gasteiger partial charge in [-0.2, -0.15) is 12.7 Å². The fraction of sp³-hybridized carbons (Fsp3) is 0.375. The highest BCUT2D eigenvalue weighted by atomic mass is 35.5. The van der Waals surface area contributed by atoms with E-state index in [9.17, 15) is 13.2 Å². The quantitative estimate of drug-likeness (QED) is 0.838. The van der Waals surface area contributed by atoms with Gasteiger partial charge in [-0.3, -0.25) is 4.79 Å². The molecule has 1 aliphatic heterocycles. The molecule has 3 rings (SSSR count). The first-order chi connectivity index (χ1) is 12.0. The topological polar surface area (TPSA) is 79.4 Å². The highest BCUT2D eigenvalue weighted by Crippen LogP contribution is 2.30. The summed E-state index contributed by atoms with van der Waals surface area (Å²) in [6, 6.07) is 7.32. The second-order valence-electron chi connectivity index (χ2n) is 5.79. The van der Waals surface area contributed by atoms with Gasteiger partial charge >= 0.3 is 10.2 Å². The fourth-order valence-corrected chi connectivity index (χ4v) is 5.03. The molecular weight excluding hydrogens is 382 g/mol. The number of halogens is 1. The lowest BCUT2D eigenvalue weighted by molar-refractivity contribution is -0.118. The lowest BCUT2D eigenvalue weighted by atomic mass is 10.2. The fourth-order valence-electron chi connectivity index (χ4n) is 2.66. The van der Waals surface area contributed by atoms with Crippen LogP contribution in [0.2, 0.25) is 5.02 Å². The molecule has 1 amide bonds. The molecule has 0 aliphatic carbocycles. The highest BCUT2D eigenvalue weighted by Gasteiger charge is 2.25. The van der Waals surface area contributed by atoms with Crippen LogP contribution in [0.25, 0.3) is 10.6 Å². The molecule has 1 saturated heterocycles. The Morgan fingerprint density at radius 2 is 1.96 bits per heavy atom. The van der Waals surface area contributed by atoms with Crippen molar-refractivity contribution in [3.63, 3.8) is 0 Å². The third kappa shape index (κ3) is 4.58. The Hall–Kier alpha value is -1.48. The minimum atomic E-state index is -3.77. The van der Waals surface area contributed by atoms with Crippen molar-refractivity contribution in [2.24, 2.45) is 0 Å². The predicted molar refractivity (Wildman–Crippen MR) is 98.8 cm³/mol. The van der Waals surface area contributed by atoms with E-state index in [0.29, 0.717) is 28.8 Å². The molecule has 0 atom stereocenters. The first-order valence-electron chi connectivity index (χ1n) is 7.96. The molecule has 0 radical (unpaired) electrons. The van der Waals surface area contributed by atoms with Crippen molar-refractivity contribution < 1.29 is 13.2 Å². The van der Waals surface area contributed by atoms with E-state index in [2.05, 4.69) is 9.71 Å². The van der Waals surface area contributed by atoms with Gasteiger partial charge in [0.05, 0.1) is 17.1 Å². The number of rotatable bonds is 5. The Morgan fingerprint density at radius 3 is 2.68 bits per heavy atom. The minimum Gasteiger partial charge on any atom is -0.274 e. The Labute approximate surface area is 156 Å². The average Bonchev–Trinajstić information content (AvgIpc) is 3.03. The number of carbonyl (C=O) groups excluding carboxylic acids is 1. The molecule has 25 heavy (non-hydrogen) atoms. The molecule has 0 bridgehead atoms. The number of piperidine rings is 1. The van der Waals surface area contributed by atoms with E-state index < -0.39 is 16.1 Å². The zero-order valence-electron chi connectivity index (χ0n) is 13.4. The highest BCUT2D eigenvalue weighted by molar-refractivity contribution is 7.87. The number of nitrogens with zero attached hydrogens (tertiary/aromatic N) is 2. The van der Waals surface area contributed by atoms with Gasteiger partial charge in [-0.15, -0.1) is 11.3 Å². The molecular formula is C16H18ClN3O3S2. The molecule has 2 heterocycles. The van der Waals surface area contributed by atoms with Gasteiger partial charge in [-0.1, -0.05) is 36.2 Å². The van der Waals surface area contributed by atoms with Crippen LogP contribution in [0.5, 0.6) is 0 Å². The van der Waals surface area contributed by atoms with Crippen molar-refractivity contribution in [3.8, 4) is 10.6 Å². The van der Waals surface area contributed by atoms with E-state index in [1.54, 1.807) is 11.4 Å². The molecule has 0 spiro atoms. The largest absolute Gasteiger partial charge is 0.303 e. The van der Waals surface area contributed by atoms with Crippen molar-refractivity contribution in [1.29, 1.82) is 0 Å². The van der Waals surface area contributed by atoms with E-state index in [-0.39, 0.29) is 6.42 Å². The maximum atomic E-state index is 12.2.